The van der Waals surface area contributed by atoms with Gasteiger partial charge in [0.05, 0.1) is 25.7 Å². The molecule has 22 nitrogen and oxygen atoms in total. The highest BCUT2D eigenvalue weighted by Crippen LogP contribution is 2.16. The first-order chi connectivity index (χ1) is 15.6. The molecule has 212 valence electrons. The van der Waals surface area contributed by atoms with Crippen LogP contribution in [-0.4, -0.2) is 123 Å². The smallest absolute Gasteiger partial charge is 0.394 e. The van der Waals surface area contributed by atoms with Crippen LogP contribution in [0.25, 0.3) is 0 Å². The summed E-state index contributed by atoms with van der Waals surface area (Å²) in [5.41, 5.74) is -5.48. The third kappa shape index (κ3) is 32.7. The molecule has 0 bridgehead atoms. The molecule has 0 saturated carbocycles. The van der Waals surface area contributed by atoms with Crippen molar-refractivity contribution >= 4 is 56.6 Å². The van der Waals surface area contributed by atoms with Gasteiger partial charge in [-0.1, -0.05) is 0 Å². The second-order valence-electron chi connectivity index (χ2n) is 5.85. The zero-order chi connectivity index (χ0) is 30.3. The van der Waals surface area contributed by atoms with Gasteiger partial charge in [-0.3, -0.25) is 37.4 Å². The molecule has 0 aromatic heterocycles. The van der Waals surface area contributed by atoms with E-state index in [-0.39, 0.29) is 0 Å². The van der Waals surface area contributed by atoms with Crippen LogP contribution in [0.5, 0.6) is 0 Å². The predicted molar refractivity (Wildman–Crippen MR) is 103 cm³/mol. The highest BCUT2D eigenvalue weighted by atomic mass is 32.3. The van der Waals surface area contributed by atoms with Crippen molar-refractivity contribution in [1.29, 1.82) is 0 Å². The second kappa shape index (κ2) is 16.2. The van der Waals surface area contributed by atoms with Gasteiger partial charge in [0.25, 0.3) is 0 Å². The number of hydrogen-bond acceptors (Lipinski definition) is 12. The molecule has 0 aromatic rings. The predicted octanol–water partition coefficient (Wildman–Crippen LogP) is -3.80. The summed E-state index contributed by atoms with van der Waals surface area (Å²) >= 11 is 0. The molecule has 0 unspecified atom stereocenters. The summed E-state index contributed by atoms with van der Waals surface area (Å²) in [4.78, 5) is 61.0. The van der Waals surface area contributed by atoms with Gasteiger partial charge in [0, 0.05) is 0 Å². The molecule has 24 heteroatoms. The molecule has 0 aliphatic rings. The molecule has 0 heterocycles. The van der Waals surface area contributed by atoms with E-state index in [0.717, 1.165) is 0 Å². The average molecular weight is 580 g/mol. The van der Waals surface area contributed by atoms with Crippen LogP contribution in [0.3, 0.4) is 0 Å². The minimum absolute atomic E-state index is 1.14. The lowest BCUT2D eigenvalue weighted by molar-refractivity contribution is -0.170. The lowest BCUT2D eigenvalue weighted by Gasteiger charge is -2.18. The van der Waals surface area contributed by atoms with Crippen LogP contribution in [0.1, 0.15) is 25.7 Å². The molecular formula is C12H20O22S2. The van der Waals surface area contributed by atoms with Crippen LogP contribution in [0.2, 0.25) is 0 Å². The van der Waals surface area contributed by atoms with E-state index in [9.17, 15) is 28.8 Å². The van der Waals surface area contributed by atoms with Gasteiger partial charge < -0.3 is 40.9 Å². The summed E-state index contributed by atoms with van der Waals surface area (Å²) in [7, 11) is -9.33. The van der Waals surface area contributed by atoms with Crippen LogP contribution in [0.15, 0.2) is 0 Å². The number of carboxylic acids is 6. The quantitative estimate of drug-likeness (QED) is 0.110. The Labute approximate surface area is 198 Å². The van der Waals surface area contributed by atoms with E-state index in [1.54, 1.807) is 0 Å². The molecule has 0 rings (SSSR count). The molecule has 0 aliphatic heterocycles. The van der Waals surface area contributed by atoms with E-state index in [1.165, 1.54) is 0 Å². The van der Waals surface area contributed by atoms with Crippen molar-refractivity contribution in [2.45, 2.75) is 36.9 Å². The van der Waals surface area contributed by atoms with E-state index >= 15 is 0 Å². The van der Waals surface area contributed by atoms with E-state index in [0.29, 0.717) is 0 Å². The normalized spacial score (nSPS) is 11.1. The van der Waals surface area contributed by atoms with Gasteiger partial charge in [0.2, 0.25) is 0 Å². The van der Waals surface area contributed by atoms with Crippen molar-refractivity contribution in [3.63, 3.8) is 0 Å². The SMILES string of the molecule is O=C(O)CC(O)(CC(=O)O)C(=O)O.O=C(O)CC(O)(CC(=O)O)C(=O)O.O=S(=O)(O)O.O=S(=O)(O)O. The summed E-state index contributed by atoms with van der Waals surface area (Å²) in [5, 5.41) is 67.6. The lowest BCUT2D eigenvalue weighted by Crippen LogP contribution is -2.42. The molecule has 12 N–H and O–H groups in total. The molecule has 0 radical (unpaired) electrons. The Kier molecular flexibility index (Phi) is 17.9. The van der Waals surface area contributed by atoms with Crippen LogP contribution >= 0.6 is 0 Å². The molecular weight excluding hydrogens is 560 g/mol. The van der Waals surface area contributed by atoms with Crippen molar-refractivity contribution in [2.24, 2.45) is 0 Å². The molecule has 0 spiro atoms. The third-order valence-electron chi connectivity index (χ3n) is 2.57. The monoisotopic (exact) mass is 580 g/mol. The topological polar surface area (TPSA) is 413 Å². The maximum absolute atomic E-state index is 10.3. The Balaban J connectivity index is -0.000000208. The molecule has 36 heavy (non-hydrogen) atoms. The van der Waals surface area contributed by atoms with Crippen LogP contribution < -0.4 is 0 Å². The Morgan fingerprint density at radius 2 is 0.556 bits per heavy atom. The van der Waals surface area contributed by atoms with Crippen molar-refractivity contribution in [3.05, 3.63) is 0 Å². The van der Waals surface area contributed by atoms with Crippen LogP contribution in [0, 0.1) is 0 Å². The number of hydrogen-bond donors (Lipinski definition) is 12. The zero-order valence-electron chi connectivity index (χ0n) is 17.1. The number of aliphatic hydroxyl groups is 2. The van der Waals surface area contributed by atoms with Crippen LogP contribution in [-0.2, 0) is 49.6 Å². The van der Waals surface area contributed by atoms with E-state index in [1.807, 2.05) is 0 Å². The molecule has 0 saturated heterocycles. The number of carbonyl (C=O) groups is 6. The van der Waals surface area contributed by atoms with Gasteiger partial charge in [-0.05, 0) is 0 Å². The molecule has 0 aliphatic carbocycles. The van der Waals surface area contributed by atoms with Crippen LogP contribution in [0.4, 0.5) is 0 Å². The minimum atomic E-state index is -4.67. The first-order valence-corrected chi connectivity index (χ1v) is 10.5. The standard InChI is InChI=1S/2C6H8O7.2H2O4S/c2*7-3(8)1-6(13,5(11)12)2-4(9)10;2*1-5(2,3)4/h2*13H,1-2H2,(H,7,8)(H,9,10)(H,11,12);2*(H2,1,2,3,4). The number of aliphatic carboxylic acids is 6. The average Bonchev–Trinajstić information content (AvgIpc) is 2.48. The first kappa shape index (κ1) is 39.7. The third-order valence-corrected chi connectivity index (χ3v) is 2.57. The fourth-order valence-corrected chi connectivity index (χ4v) is 1.43. The molecule has 0 fully saturated rings. The van der Waals surface area contributed by atoms with Gasteiger partial charge in [0.1, 0.15) is 0 Å². The van der Waals surface area contributed by atoms with Crippen molar-refractivity contribution < 1.29 is 105 Å². The molecule has 0 amide bonds. The Hall–Kier alpha value is -3.52. The summed E-state index contributed by atoms with van der Waals surface area (Å²) in [6.07, 6.45) is -4.58. The Morgan fingerprint density at radius 1 is 0.444 bits per heavy atom. The van der Waals surface area contributed by atoms with Crippen molar-refractivity contribution in [3.8, 4) is 0 Å². The van der Waals surface area contributed by atoms with E-state index < -0.39 is 93.5 Å². The van der Waals surface area contributed by atoms with Gasteiger partial charge in [-0.2, -0.15) is 16.8 Å². The highest BCUT2D eigenvalue weighted by Gasteiger charge is 2.41. The van der Waals surface area contributed by atoms with Gasteiger partial charge in [0.15, 0.2) is 11.2 Å². The minimum Gasteiger partial charge on any atom is -0.481 e. The van der Waals surface area contributed by atoms with Gasteiger partial charge in [-0.15, -0.1) is 0 Å². The van der Waals surface area contributed by atoms with E-state index in [2.05, 4.69) is 0 Å². The largest absolute Gasteiger partial charge is 0.481 e. The van der Waals surface area contributed by atoms with Gasteiger partial charge >= 0.3 is 56.6 Å². The number of rotatable bonds is 10. The number of carboxylic acid groups (broad SMARTS) is 6. The Bertz CT molecular complexity index is 876. The van der Waals surface area contributed by atoms with Crippen molar-refractivity contribution in [1.82, 2.24) is 0 Å². The van der Waals surface area contributed by atoms with Crippen molar-refractivity contribution in [2.75, 3.05) is 0 Å². The summed E-state index contributed by atoms with van der Waals surface area (Å²) in [6, 6.07) is 0. The maximum atomic E-state index is 10.3. The summed E-state index contributed by atoms with van der Waals surface area (Å²) < 4.78 is 63.2. The Morgan fingerprint density at radius 3 is 0.611 bits per heavy atom. The van der Waals surface area contributed by atoms with Gasteiger partial charge in [-0.25, -0.2) is 9.59 Å². The molecule has 0 aromatic carbocycles. The first-order valence-electron chi connectivity index (χ1n) is 7.74. The fourth-order valence-electron chi connectivity index (χ4n) is 1.43. The second-order valence-corrected chi connectivity index (χ2v) is 7.64. The maximum Gasteiger partial charge on any atom is 0.394 e. The lowest BCUT2D eigenvalue weighted by atomic mass is 9.96. The summed E-state index contributed by atoms with van der Waals surface area (Å²) in [5.74, 6) is -10.0. The van der Waals surface area contributed by atoms with E-state index in [4.69, 9.17) is 75.9 Å². The fraction of sp³-hybridized carbons (Fsp3) is 0.500. The molecule has 0 atom stereocenters. The highest BCUT2D eigenvalue weighted by molar-refractivity contribution is 7.80. The zero-order valence-corrected chi connectivity index (χ0v) is 18.7. The summed E-state index contributed by atoms with van der Waals surface area (Å²) in [6.45, 7) is 0.